The van der Waals surface area contributed by atoms with Gasteiger partial charge in [0.05, 0.1) is 20.0 Å². The van der Waals surface area contributed by atoms with Crippen molar-refractivity contribution in [1.29, 1.82) is 0 Å². The molecular weight excluding hydrogens is 452 g/mol. The fourth-order valence-electron chi connectivity index (χ4n) is 3.45. The molecule has 34 heavy (non-hydrogen) atoms. The average molecular weight is 492 g/mol. The lowest BCUT2D eigenvalue weighted by Crippen LogP contribution is -2.15. The van der Waals surface area contributed by atoms with Gasteiger partial charge in [-0.15, -0.1) is 0 Å². The predicted octanol–water partition coefficient (Wildman–Crippen LogP) is 4.38. The highest BCUT2D eigenvalue weighted by Crippen LogP contribution is 2.38. The van der Waals surface area contributed by atoms with Crippen LogP contribution in [0, 0.1) is 0 Å². The zero-order valence-corrected chi connectivity index (χ0v) is 19.3. The van der Waals surface area contributed by atoms with Gasteiger partial charge < -0.3 is 14.8 Å². The van der Waals surface area contributed by atoms with Gasteiger partial charge in [0.25, 0.3) is 5.56 Å². The number of aromatic amines is 1. The van der Waals surface area contributed by atoms with E-state index in [1.165, 1.54) is 54.7 Å². The van der Waals surface area contributed by atoms with Gasteiger partial charge in [-0.2, -0.15) is 0 Å². The van der Waals surface area contributed by atoms with Crippen LogP contribution in [0.15, 0.2) is 53.5 Å². The number of pyridine rings is 1. The summed E-state index contributed by atoms with van der Waals surface area (Å²) in [5.74, 6) is -0.364. The van der Waals surface area contributed by atoms with Crippen molar-refractivity contribution in [3.63, 3.8) is 0 Å². The van der Waals surface area contributed by atoms with Gasteiger partial charge in [-0.3, -0.25) is 9.52 Å². The Bertz CT molecular complexity index is 1660. The van der Waals surface area contributed by atoms with Crippen molar-refractivity contribution in [3.8, 4) is 16.9 Å². The van der Waals surface area contributed by atoms with E-state index in [-0.39, 0.29) is 28.1 Å². The van der Waals surface area contributed by atoms with Crippen molar-refractivity contribution in [3.05, 3.63) is 81.3 Å². The SMILES string of the molecule is [2H]C([2H])([2H])C(c1cc(-c2ccc[nH]c2=O)cc(/C=C/c2ccc(NS(C)(=O)=O)cc2CO)c1OC)(C([2H])([2H])[2H])C([2H])([2H])[2H]. The number of anilines is 1. The lowest BCUT2D eigenvalue weighted by molar-refractivity contribution is 0.281. The van der Waals surface area contributed by atoms with Crippen LogP contribution in [-0.4, -0.2) is 31.9 Å². The largest absolute Gasteiger partial charge is 0.496 e. The summed E-state index contributed by atoms with van der Waals surface area (Å²) >= 11 is 0. The number of hydrogen-bond acceptors (Lipinski definition) is 5. The first-order valence-electron chi connectivity index (χ1n) is 14.5. The van der Waals surface area contributed by atoms with Crippen LogP contribution in [0.1, 0.15) is 55.1 Å². The summed E-state index contributed by atoms with van der Waals surface area (Å²) in [4.78, 5) is 15.2. The molecule has 3 N–H and O–H groups in total. The van der Waals surface area contributed by atoms with Crippen LogP contribution < -0.4 is 15.0 Å². The number of H-pyrrole nitrogens is 1. The van der Waals surface area contributed by atoms with Crippen LogP contribution in [-0.2, 0) is 22.0 Å². The summed E-state index contributed by atoms with van der Waals surface area (Å²) < 4.78 is 105. The molecule has 0 spiro atoms. The second kappa shape index (κ2) is 9.87. The van der Waals surface area contributed by atoms with Gasteiger partial charge in [0, 0.05) is 40.9 Å². The minimum Gasteiger partial charge on any atom is -0.496 e. The van der Waals surface area contributed by atoms with E-state index in [1.54, 1.807) is 0 Å². The monoisotopic (exact) mass is 491 g/mol. The molecule has 1 aromatic heterocycles. The van der Waals surface area contributed by atoms with Crippen molar-refractivity contribution in [2.45, 2.75) is 32.6 Å². The number of aliphatic hydroxyl groups is 1. The van der Waals surface area contributed by atoms with Crippen LogP contribution >= 0.6 is 0 Å². The molecule has 2 aromatic carbocycles. The Morgan fingerprint density at radius 3 is 2.50 bits per heavy atom. The molecule has 0 aliphatic carbocycles. The minimum absolute atomic E-state index is 0.00354. The molecule has 0 aliphatic rings. The van der Waals surface area contributed by atoms with Crippen LogP contribution in [0.2, 0.25) is 0 Å². The molecule has 8 heteroatoms. The Morgan fingerprint density at radius 1 is 1.15 bits per heavy atom. The Labute approximate surface area is 212 Å². The van der Waals surface area contributed by atoms with E-state index in [4.69, 9.17) is 17.1 Å². The maximum absolute atomic E-state index is 12.7. The van der Waals surface area contributed by atoms with E-state index in [0.717, 1.165) is 19.4 Å². The first-order chi connectivity index (χ1) is 19.7. The van der Waals surface area contributed by atoms with Crippen LogP contribution in [0.25, 0.3) is 23.3 Å². The van der Waals surface area contributed by atoms with Crippen molar-refractivity contribution in [1.82, 2.24) is 4.98 Å². The summed E-state index contributed by atoms with van der Waals surface area (Å²) in [5, 5.41) is 9.92. The summed E-state index contributed by atoms with van der Waals surface area (Å²) in [6.45, 7) is -11.3. The molecule has 3 aromatic rings. The average Bonchev–Trinajstić information content (AvgIpc) is 2.84. The van der Waals surface area contributed by atoms with Crippen LogP contribution in [0.4, 0.5) is 5.69 Å². The Kier molecular flexibility index (Phi) is 4.51. The lowest BCUT2D eigenvalue weighted by atomic mass is 9.83. The Hall–Kier alpha value is -3.36. The van der Waals surface area contributed by atoms with Crippen molar-refractivity contribution in [2.75, 3.05) is 18.1 Å². The van der Waals surface area contributed by atoms with E-state index in [0.29, 0.717) is 11.1 Å². The summed E-state index contributed by atoms with van der Waals surface area (Å²) in [5.41, 5.74) is -3.79. The van der Waals surface area contributed by atoms with Gasteiger partial charge in [0.2, 0.25) is 10.0 Å². The molecule has 0 amide bonds. The molecule has 0 saturated heterocycles. The van der Waals surface area contributed by atoms with E-state index in [2.05, 4.69) is 9.71 Å². The topological polar surface area (TPSA) is 108 Å². The number of methoxy groups -OCH3 is 1. The first kappa shape index (κ1) is 15.5. The molecule has 3 rings (SSSR count). The van der Waals surface area contributed by atoms with Crippen LogP contribution in [0.5, 0.6) is 5.75 Å². The zero-order chi connectivity index (χ0) is 32.6. The normalized spacial score (nSPS) is 17.2. The number of benzene rings is 2. The molecule has 0 saturated carbocycles. The highest BCUT2D eigenvalue weighted by atomic mass is 32.2. The number of aromatic nitrogens is 1. The van der Waals surface area contributed by atoms with E-state index < -0.39 is 53.7 Å². The Balaban J connectivity index is 2.44. The fourth-order valence-corrected chi connectivity index (χ4v) is 4.00. The maximum Gasteiger partial charge on any atom is 0.255 e. The number of ether oxygens (including phenoxy) is 1. The van der Waals surface area contributed by atoms with Crippen molar-refractivity contribution >= 4 is 27.9 Å². The molecule has 0 aliphatic heterocycles. The van der Waals surface area contributed by atoms with Gasteiger partial charge in [0.1, 0.15) is 5.75 Å². The molecule has 0 unspecified atom stereocenters. The van der Waals surface area contributed by atoms with Gasteiger partial charge in [0.15, 0.2) is 0 Å². The number of nitrogens with one attached hydrogen (secondary N) is 2. The number of sulfonamides is 1. The molecule has 1 heterocycles. The first-order valence-corrected chi connectivity index (χ1v) is 11.9. The number of aliphatic hydroxyl groups excluding tert-OH is 1. The third-order valence-corrected chi connectivity index (χ3v) is 5.52. The third-order valence-electron chi connectivity index (χ3n) is 4.91. The highest BCUT2D eigenvalue weighted by molar-refractivity contribution is 7.92. The van der Waals surface area contributed by atoms with Gasteiger partial charge in [-0.05, 0) is 58.5 Å². The molecule has 0 bridgehead atoms. The van der Waals surface area contributed by atoms with Gasteiger partial charge in [-0.25, -0.2) is 8.42 Å². The van der Waals surface area contributed by atoms with Crippen LogP contribution in [0.3, 0.4) is 0 Å². The predicted molar refractivity (Wildman–Crippen MR) is 138 cm³/mol. The second-order valence-electron chi connectivity index (χ2n) is 7.59. The van der Waals surface area contributed by atoms with Crippen molar-refractivity contribution in [2.24, 2.45) is 0 Å². The van der Waals surface area contributed by atoms with E-state index in [9.17, 15) is 18.3 Å². The smallest absolute Gasteiger partial charge is 0.255 e. The minimum atomic E-state index is -3.61. The number of hydrogen-bond donors (Lipinski definition) is 3. The summed E-state index contributed by atoms with van der Waals surface area (Å²) in [6, 6.07) is 9.66. The summed E-state index contributed by atoms with van der Waals surface area (Å²) in [6.07, 6.45) is 5.15. The van der Waals surface area contributed by atoms with Crippen molar-refractivity contribution < 1.29 is 30.6 Å². The zero-order valence-electron chi connectivity index (χ0n) is 27.5. The molecular formula is C26H30N2O5S. The Morgan fingerprint density at radius 2 is 1.88 bits per heavy atom. The molecule has 7 nitrogen and oxygen atoms in total. The molecule has 0 radical (unpaired) electrons. The lowest BCUT2D eigenvalue weighted by Gasteiger charge is -2.24. The molecule has 0 fully saturated rings. The second-order valence-corrected chi connectivity index (χ2v) is 9.34. The van der Waals surface area contributed by atoms with Gasteiger partial charge >= 0.3 is 0 Å². The summed E-state index contributed by atoms with van der Waals surface area (Å²) in [7, 11) is -2.48. The highest BCUT2D eigenvalue weighted by Gasteiger charge is 2.22. The maximum atomic E-state index is 12.7. The van der Waals surface area contributed by atoms with Gasteiger partial charge in [-0.1, -0.05) is 38.8 Å². The third kappa shape index (κ3) is 5.95. The molecule has 180 valence electrons. The standard InChI is InChI=1S/C26H30N2O5S/c1-26(2,3)23-15-19(22-7-6-12-27-25(22)30)13-18(24(23)33-4)9-8-17-10-11-21(14-20(17)16-29)28-34(5,31)32/h6-15,28-29H,16H2,1-5H3,(H,27,30)/b9-8+/i1D3,2D3,3D3. The quantitative estimate of drug-likeness (QED) is 0.425. The fraction of sp³-hybridized carbons (Fsp3) is 0.269. The number of rotatable bonds is 7. The molecule has 0 atom stereocenters. The van der Waals surface area contributed by atoms with E-state index in [1.807, 2.05) is 0 Å². The van der Waals surface area contributed by atoms with E-state index >= 15 is 0 Å².